The highest BCUT2D eigenvalue weighted by Crippen LogP contribution is 2.12. The zero-order valence-electron chi connectivity index (χ0n) is 9.48. The Morgan fingerprint density at radius 1 is 1.44 bits per heavy atom. The second kappa shape index (κ2) is 5.03. The molecule has 0 saturated heterocycles. The minimum atomic E-state index is -0.741. The summed E-state index contributed by atoms with van der Waals surface area (Å²) in [5.74, 6) is -1.94. The third kappa shape index (κ3) is 2.58. The van der Waals surface area contributed by atoms with Crippen molar-refractivity contribution >= 4 is 17.5 Å². The number of aromatic nitrogens is 1. The van der Waals surface area contributed by atoms with Crippen molar-refractivity contribution in [3.05, 3.63) is 29.8 Å². The molecule has 1 unspecified atom stereocenters. The summed E-state index contributed by atoms with van der Waals surface area (Å²) in [7, 11) is 0. The van der Waals surface area contributed by atoms with Crippen LogP contribution in [0.5, 0.6) is 0 Å². The third-order valence-corrected chi connectivity index (χ3v) is 2.75. The number of carbonyl (C=O) groups excluding carboxylic acids is 3. The molecule has 1 N–H and O–H groups in total. The number of halogens is 1. The lowest BCUT2D eigenvalue weighted by Gasteiger charge is -2.20. The van der Waals surface area contributed by atoms with Crippen LogP contribution in [0.25, 0.3) is 0 Å². The van der Waals surface area contributed by atoms with E-state index in [0.717, 1.165) is 6.07 Å². The van der Waals surface area contributed by atoms with Gasteiger partial charge in [-0.25, -0.2) is 9.37 Å². The van der Waals surface area contributed by atoms with E-state index in [-0.39, 0.29) is 36.5 Å². The molecule has 2 rings (SSSR count). The van der Waals surface area contributed by atoms with Crippen LogP contribution in [0.1, 0.15) is 29.8 Å². The first-order chi connectivity index (χ1) is 8.58. The van der Waals surface area contributed by atoms with Crippen molar-refractivity contribution < 1.29 is 18.8 Å². The van der Waals surface area contributed by atoms with Gasteiger partial charge in [-0.15, -0.1) is 0 Å². The van der Waals surface area contributed by atoms with Gasteiger partial charge in [-0.3, -0.25) is 14.4 Å². The minimum Gasteiger partial charge on any atom is -0.341 e. The van der Waals surface area contributed by atoms with Crippen LogP contribution >= 0.6 is 0 Å². The van der Waals surface area contributed by atoms with E-state index in [9.17, 15) is 18.8 Å². The molecule has 18 heavy (non-hydrogen) atoms. The molecule has 1 atom stereocenters. The maximum atomic E-state index is 13.3. The normalized spacial score (nSPS) is 19.7. The van der Waals surface area contributed by atoms with Crippen LogP contribution in [0.15, 0.2) is 18.3 Å². The van der Waals surface area contributed by atoms with Crippen LogP contribution in [-0.4, -0.2) is 28.5 Å². The summed E-state index contributed by atoms with van der Waals surface area (Å²) >= 11 is 0. The van der Waals surface area contributed by atoms with Gasteiger partial charge in [0.05, 0.1) is 12.5 Å². The van der Waals surface area contributed by atoms with Gasteiger partial charge in [0.15, 0.2) is 17.3 Å². The molecular formula is C12H11FN2O3. The van der Waals surface area contributed by atoms with E-state index in [0.29, 0.717) is 0 Å². The second-order valence-corrected chi connectivity index (χ2v) is 4.08. The van der Waals surface area contributed by atoms with Crippen LogP contribution in [0.2, 0.25) is 0 Å². The SMILES string of the molecule is O=C1CCC(NC(=O)c2ncccc2F)C(=O)C1. The first-order valence-corrected chi connectivity index (χ1v) is 5.53. The molecule has 1 aromatic rings. The molecular weight excluding hydrogens is 239 g/mol. The van der Waals surface area contributed by atoms with Crippen LogP contribution < -0.4 is 5.32 Å². The minimum absolute atomic E-state index is 0.130. The maximum Gasteiger partial charge on any atom is 0.273 e. The number of ketones is 2. The van der Waals surface area contributed by atoms with Gasteiger partial charge in [0.1, 0.15) is 5.78 Å². The molecule has 1 aliphatic carbocycles. The van der Waals surface area contributed by atoms with Gasteiger partial charge in [-0.1, -0.05) is 0 Å². The van der Waals surface area contributed by atoms with Crippen molar-refractivity contribution in [1.29, 1.82) is 0 Å². The summed E-state index contributed by atoms with van der Waals surface area (Å²) in [6, 6.07) is 1.77. The molecule has 1 aliphatic rings. The summed E-state index contributed by atoms with van der Waals surface area (Å²) in [6.07, 6.45) is 1.64. The van der Waals surface area contributed by atoms with Gasteiger partial charge in [-0.2, -0.15) is 0 Å². The quantitative estimate of drug-likeness (QED) is 0.781. The molecule has 0 spiro atoms. The zero-order chi connectivity index (χ0) is 13.1. The molecule has 1 amide bonds. The van der Waals surface area contributed by atoms with E-state index < -0.39 is 17.8 Å². The van der Waals surface area contributed by atoms with Gasteiger partial charge in [0.2, 0.25) is 0 Å². The van der Waals surface area contributed by atoms with E-state index >= 15 is 0 Å². The standard InChI is InChI=1S/C12H11FN2O3/c13-8-2-1-5-14-11(8)12(18)15-9-4-3-7(16)6-10(9)17/h1-2,5,9H,3-4,6H2,(H,15,18). The van der Waals surface area contributed by atoms with Crippen LogP contribution in [0, 0.1) is 5.82 Å². The Bertz CT molecular complexity index is 516. The highest BCUT2D eigenvalue weighted by atomic mass is 19.1. The summed E-state index contributed by atoms with van der Waals surface area (Å²) in [5, 5.41) is 2.40. The summed E-state index contributed by atoms with van der Waals surface area (Å²) in [4.78, 5) is 37.9. The molecule has 1 aromatic heterocycles. The third-order valence-electron chi connectivity index (χ3n) is 2.75. The average molecular weight is 250 g/mol. The largest absolute Gasteiger partial charge is 0.341 e. The average Bonchev–Trinajstić information content (AvgIpc) is 2.33. The number of hydrogen-bond acceptors (Lipinski definition) is 4. The number of rotatable bonds is 2. The number of amides is 1. The van der Waals surface area contributed by atoms with Crippen molar-refractivity contribution in [2.75, 3.05) is 0 Å². The van der Waals surface area contributed by atoms with Gasteiger partial charge in [-0.05, 0) is 18.6 Å². The lowest BCUT2D eigenvalue weighted by molar-refractivity contribution is -0.131. The Hall–Kier alpha value is -2.11. The van der Waals surface area contributed by atoms with E-state index in [4.69, 9.17) is 0 Å². The lowest BCUT2D eigenvalue weighted by Crippen LogP contribution is -2.44. The predicted molar refractivity (Wildman–Crippen MR) is 59.3 cm³/mol. The Morgan fingerprint density at radius 3 is 2.89 bits per heavy atom. The fourth-order valence-corrected chi connectivity index (χ4v) is 1.80. The number of nitrogens with zero attached hydrogens (tertiary/aromatic N) is 1. The summed E-state index contributed by atoms with van der Waals surface area (Å²) in [5.41, 5.74) is -0.345. The molecule has 1 saturated carbocycles. The number of nitrogens with one attached hydrogen (secondary N) is 1. The lowest BCUT2D eigenvalue weighted by atomic mass is 9.93. The Labute approximate surface area is 102 Å². The Morgan fingerprint density at radius 2 is 2.22 bits per heavy atom. The molecule has 0 radical (unpaired) electrons. The fraction of sp³-hybridized carbons (Fsp3) is 0.333. The number of Topliss-reactive ketones (excluding diaryl/α,β-unsaturated/α-hetero) is 2. The summed E-state index contributed by atoms with van der Waals surface area (Å²) < 4.78 is 13.3. The maximum absolute atomic E-state index is 13.3. The van der Waals surface area contributed by atoms with E-state index in [1.54, 1.807) is 0 Å². The van der Waals surface area contributed by atoms with Crippen LogP contribution in [0.4, 0.5) is 4.39 Å². The second-order valence-electron chi connectivity index (χ2n) is 4.08. The molecule has 6 heteroatoms. The highest BCUT2D eigenvalue weighted by molar-refractivity contribution is 6.06. The summed E-state index contributed by atoms with van der Waals surface area (Å²) in [6.45, 7) is 0. The van der Waals surface area contributed by atoms with Gasteiger partial charge in [0, 0.05) is 12.6 Å². The monoisotopic (exact) mass is 250 g/mol. The zero-order valence-corrected chi connectivity index (χ0v) is 9.48. The van der Waals surface area contributed by atoms with Crippen molar-refractivity contribution in [1.82, 2.24) is 10.3 Å². The van der Waals surface area contributed by atoms with Gasteiger partial charge < -0.3 is 5.32 Å². The van der Waals surface area contributed by atoms with Gasteiger partial charge in [0.25, 0.3) is 5.91 Å². The van der Waals surface area contributed by atoms with E-state index in [1.807, 2.05) is 0 Å². The van der Waals surface area contributed by atoms with Crippen molar-refractivity contribution in [3.63, 3.8) is 0 Å². The highest BCUT2D eigenvalue weighted by Gasteiger charge is 2.29. The molecule has 94 valence electrons. The molecule has 1 fully saturated rings. The Kier molecular flexibility index (Phi) is 3.45. The number of pyridine rings is 1. The van der Waals surface area contributed by atoms with Crippen molar-refractivity contribution in [2.45, 2.75) is 25.3 Å². The molecule has 0 bridgehead atoms. The molecule has 0 aliphatic heterocycles. The first kappa shape index (κ1) is 12.3. The molecule has 0 aromatic carbocycles. The van der Waals surface area contributed by atoms with Crippen molar-refractivity contribution in [3.8, 4) is 0 Å². The van der Waals surface area contributed by atoms with Crippen LogP contribution in [0.3, 0.4) is 0 Å². The Balaban J connectivity index is 2.06. The molecule has 1 heterocycles. The fourth-order valence-electron chi connectivity index (χ4n) is 1.80. The molecule has 5 nitrogen and oxygen atoms in total. The number of carbonyl (C=O) groups is 3. The smallest absolute Gasteiger partial charge is 0.273 e. The number of hydrogen-bond donors (Lipinski definition) is 1. The van der Waals surface area contributed by atoms with Crippen molar-refractivity contribution in [2.24, 2.45) is 0 Å². The van der Waals surface area contributed by atoms with Gasteiger partial charge >= 0.3 is 0 Å². The van der Waals surface area contributed by atoms with E-state index in [2.05, 4.69) is 10.3 Å². The van der Waals surface area contributed by atoms with E-state index in [1.165, 1.54) is 12.3 Å². The topological polar surface area (TPSA) is 76.1 Å². The van der Waals surface area contributed by atoms with Crippen LogP contribution in [-0.2, 0) is 9.59 Å². The predicted octanol–water partition coefficient (Wildman–Crippen LogP) is 0.641. The first-order valence-electron chi connectivity index (χ1n) is 5.53.